The van der Waals surface area contributed by atoms with Crippen molar-refractivity contribution in [2.45, 2.75) is 32.7 Å². The second-order valence-corrected chi connectivity index (χ2v) is 6.86. The molecule has 22 heavy (non-hydrogen) atoms. The van der Waals surface area contributed by atoms with E-state index in [4.69, 9.17) is 23.2 Å². The van der Waals surface area contributed by atoms with Crippen LogP contribution in [-0.2, 0) is 0 Å². The van der Waals surface area contributed by atoms with Crippen LogP contribution in [0.15, 0.2) is 29.8 Å². The Balaban J connectivity index is 1.85. The Morgan fingerprint density at radius 3 is 2.36 bits per heavy atom. The number of nitrogens with zero attached hydrogens (tertiary/aromatic N) is 1. The van der Waals surface area contributed by atoms with E-state index in [1.165, 1.54) is 5.57 Å². The topological polar surface area (TPSA) is 32.3 Å². The van der Waals surface area contributed by atoms with E-state index in [0.717, 1.165) is 32.5 Å². The van der Waals surface area contributed by atoms with Crippen LogP contribution in [0.1, 0.15) is 37.0 Å². The SMILES string of the molecule is CC(C)=CCN1CCC(NC(=O)c2cc(Cl)cc(Cl)c2)CC1. The van der Waals surface area contributed by atoms with Gasteiger partial charge in [-0.15, -0.1) is 0 Å². The van der Waals surface area contributed by atoms with Crippen LogP contribution in [0.2, 0.25) is 10.0 Å². The molecule has 0 unspecified atom stereocenters. The molecule has 2 rings (SSSR count). The van der Waals surface area contributed by atoms with Gasteiger partial charge in [-0.3, -0.25) is 9.69 Å². The second kappa shape index (κ2) is 8.00. The average molecular weight is 341 g/mol. The van der Waals surface area contributed by atoms with Crippen LogP contribution < -0.4 is 5.32 Å². The first-order valence-corrected chi connectivity index (χ1v) is 8.32. The van der Waals surface area contributed by atoms with Gasteiger partial charge in [0.15, 0.2) is 0 Å². The number of hydrogen-bond acceptors (Lipinski definition) is 2. The molecule has 0 bridgehead atoms. The zero-order valence-corrected chi connectivity index (χ0v) is 14.5. The summed E-state index contributed by atoms with van der Waals surface area (Å²) in [5, 5.41) is 4.04. The van der Waals surface area contributed by atoms with Gasteiger partial charge in [-0.2, -0.15) is 0 Å². The smallest absolute Gasteiger partial charge is 0.251 e. The van der Waals surface area contributed by atoms with E-state index in [-0.39, 0.29) is 11.9 Å². The van der Waals surface area contributed by atoms with Gasteiger partial charge in [-0.25, -0.2) is 0 Å². The van der Waals surface area contributed by atoms with Crippen molar-refractivity contribution >= 4 is 29.1 Å². The molecule has 1 N–H and O–H groups in total. The molecule has 0 atom stereocenters. The molecule has 0 aromatic heterocycles. The number of nitrogens with one attached hydrogen (secondary N) is 1. The fraction of sp³-hybridized carbons (Fsp3) is 0.471. The third kappa shape index (κ3) is 5.31. The molecule has 1 aliphatic heterocycles. The maximum atomic E-state index is 12.3. The van der Waals surface area contributed by atoms with Crippen molar-refractivity contribution in [3.05, 3.63) is 45.5 Å². The summed E-state index contributed by atoms with van der Waals surface area (Å²) in [4.78, 5) is 14.7. The van der Waals surface area contributed by atoms with Gasteiger partial charge in [0.1, 0.15) is 0 Å². The van der Waals surface area contributed by atoms with Gasteiger partial charge in [0.05, 0.1) is 0 Å². The monoisotopic (exact) mass is 340 g/mol. The molecule has 1 aromatic rings. The summed E-state index contributed by atoms with van der Waals surface area (Å²) in [5.74, 6) is -0.104. The first kappa shape index (κ1) is 17.3. The van der Waals surface area contributed by atoms with Crippen LogP contribution in [0.4, 0.5) is 0 Å². The quantitative estimate of drug-likeness (QED) is 0.835. The van der Waals surface area contributed by atoms with E-state index in [1.807, 2.05) is 0 Å². The number of halogens is 2. The van der Waals surface area contributed by atoms with Crippen LogP contribution in [0.3, 0.4) is 0 Å². The number of allylic oxidation sites excluding steroid dienone is 1. The summed E-state index contributed by atoms with van der Waals surface area (Å²) < 4.78 is 0. The molecule has 1 fully saturated rings. The number of carbonyl (C=O) groups is 1. The van der Waals surface area contributed by atoms with Crippen molar-refractivity contribution in [2.24, 2.45) is 0 Å². The van der Waals surface area contributed by atoms with Gasteiger partial charge in [0.25, 0.3) is 5.91 Å². The number of likely N-dealkylation sites (tertiary alicyclic amines) is 1. The van der Waals surface area contributed by atoms with Gasteiger partial charge >= 0.3 is 0 Å². The molecule has 0 radical (unpaired) electrons. The Morgan fingerprint density at radius 2 is 1.82 bits per heavy atom. The van der Waals surface area contributed by atoms with Crippen LogP contribution in [-0.4, -0.2) is 36.5 Å². The fourth-order valence-electron chi connectivity index (χ4n) is 2.53. The zero-order chi connectivity index (χ0) is 16.1. The van der Waals surface area contributed by atoms with Gasteiger partial charge in [0.2, 0.25) is 0 Å². The molecule has 120 valence electrons. The minimum atomic E-state index is -0.104. The largest absolute Gasteiger partial charge is 0.349 e. The van der Waals surface area contributed by atoms with Crippen molar-refractivity contribution < 1.29 is 4.79 Å². The number of piperidine rings is 1. The third-order valence-electron chi connectivity index (χ3n) is 3.81. The maximum Gasteiger partial charge on any atom is 0.251 e. The Morgan fingerprint density at radius 1 is 1.23 bits per heavy atom. The minimum absolute atomic E-state index is 0.104. The van der Waals surface area contributed by atoms with E-state index in [2.05, 4.69) is 30.1 Å². The molecule has 1 heterocycles. The predicted octanol–water partition coefficient (Wildman–Crippen LogP) is 4.15. The lowest BCUT2D eigenvalue weighted by Crippen LogP contribution is -2.44. The van der Waals surface area contributed by atoms with E-state index >= 15 is 0 Å². The minimum Gasteiger partial charge on any atom is -0.349 e. The lowest BCUT2D eigenvalue weighted by atomic mass is 10.0. The predicted molar refractivity (Wildman–Crippen MR) is 92.8 cm³/mol. The Kier molecular flexibility index (Phi) is 6.30. The van der Waals surface area contributed by atoms with Crippen molar-refractivity contribution in [3.8, 4) is 0 Å². The van der Waals surface area contributed by atoms with E-state index < -0.39 is 0 Å². The lowest BCUT2D eigenvalue weighted by molar-refractivity contribution is 0.0914. The van der Waals surface area contributed by atoms with Crippen molar-refractivity contribution in [3.63, 3.8) is 0 Å². The highest BCUT2D eigenvalue weighted by Crippen LogP contribution is 2.19. The summed E-state index contributed by atoms with van der Waals surface area (Å²) >= 11 is 11.9. The van der Waals surface area contributed by atoms with Gasteiger partial charge in [0, 0.05) is 41.3 Å². The molecular formula is C17H22Cl2N2O. The van der Waals surface area contributed by atoms with Crippen LogP contribution in [0, 0.1) is 0 Å². The number of benzene rings is 1. The van der Waals surface area contributed by atoms with Gasteiger partial charge < -0.3 is 5.32 Å². The number of carbonyl (C=O) groups excluding carboxylic acids is 1. The van der Waals surface area contributed by atoms with Crippen molar-refractivity contribution in [1.82, 2.24) is 10.2 Å². The van der Waals surface area contributed by atoms with Crippen LogP contribution in [0.25, 0.3) is 0 Å². The standard InChI is InChI=1S/C17H22Cl2N2O/c1-12(2)3-6-21-7-4-16(5-8-21)20-17(22)13-9-14(18)11-15(19)10-13/h3,9-11,16H,4-8H2,1-2H3,(H,20,22). The van der Waals surface area contributed by atoms with E-state index in [0.29, 0.717) is 15.6 Å². The number of hydrogen-bond donors (Lipinski definition) is 1. The van der Waals surface area contributed by atoms with Crippen molar-refractivity contribution in [1.29, 1.82) is 0 Å². The summed E-state index contributed by atoms with van der Waals surface area (Å²) in [7, 11) is 0. The first-order valence-electron chi connectivity index (χ1n) is 7.56. The van der Waals surface area contributed by atoms with Crippen LogP contribution >= 0.6 is 23.2 Å². The third-order valence-corrected chi connectivity index (χ3v) is 4.24. The highest BCUT2D eigenvalue weighted by Gasteiger charge is 2.20. The Labute approximate surface area is 142 Å². The highest BCUT2D eigenvalue weighted by molar-refractivity contribution is 6.35. The molecule has 5 heteroatoms. The van der Waals surface area contributed by atoms with E-state index in [9.17, 15) is 4.79 Å². The van der Waals surface area contributed by atoms with Crippen molar-refractivity contribution in [2.75, 3.05) is 19.6 Å². The first-order chi connectivity index (χ1) is 10.4. The van der Waals surface area contributed by atoms with E-state index in [1.54, 1.807) is 18.2 Å². The molecule has 0 spiro atoms. The number of rotatable bonds is 4. The molecule has 1 saturated heterocycles. The molecule has 0 aliphatic carbocycles. The second-order valence-electron chi connectivity index (χ2n) is 5.99. The zero-order valence-electron chi connectivity index (χ0n) is 13.0. The molecule has 1 aromatic carbocycles. The molecule has 1 amide bonds. The average Bonchev–Trinajstić information content (AvgIpc) is 2.45. The molecule has 0 saturated carbocycles. The fourth-order valence-corrected chi connectivity index (χ4v) is 3.05. The summed E-state index contributed by atoms with van der Waals surface area (Å²) in [6.45, 7) is 7.23. The van der Waals surface area contributed by atoms with Crippen LogP contribution in [0.5, 0.6) is 0 Å². The lowest BCUT2D eigenvalue weighted by Gasteiger charge is -2.31. The Bertz CT molecular complexity index is 540. The summed E-state index contributed by atoms with van der Waals surface area (Å²) in [6, 6.07) is 5.13. The Hall–Kier alpha value is -1.03. The molecule has 3 nitrogen and oxygen atoms in total. The normalized spacial score (nSPS) is 16.4. The van der Waals surface area contributed by atoms with Gasteiger partial charge in [-0.05, 0) is 44.9 Å². The maximum absolute atomic E-state index is 12.3. The number of amides is 1. The summed E-state index contributed by atoms with van der Waals surface area (Å²) in [5.41, 5.74) is 1.86. The van der Waals surface area contributed by atoms with Gasteiger partial charge in [-0.1, -0.05) is 34.9 Å². The molecule has 1 aliphatic rings. The molecular weight excluding hydrogens is 319 g/mol. The highest BCUT2D eigenvalue weighted by atomic mass is 35.5. The summed E-state index contributed by atoms with van der Waals surface area (Å²) in [6.07, 6.45) is 4.18.